The first-order valence-electron chi connectivity index (χ1n) is 13.1. The molecule has 1 atom stereocenters. The Labute approximate surface area is 206 Å². The van der Waals surface area contributed by atoms with Crippen LogP contribution in [0.4, 0.5) is 0 Å². The Morgan fingerprint density at radius 1 is 0.914 bits per heavy atom. The van der Waals surface area contributed by atoms with Crippen LogP contribution in [0.3, 0.4) is 0 Å². The molecule has 2 amide bonds. The van der Waals surface area contributed by atoms with E-state index < -0.39 is 0 Å². The Bertz CT molecular complexity index is 1150. The van der Waals surface area contributed by atoms with Crippen molar-refractivity contribution in [3.05, 3.63) is 66.0 Å². The van der Waals surface area contributed by atoms with Crippen LogP contribution < -0.4 is 10.6 Å². The number of benzene rings is 2. The lowest BCUT2D eigenvalue weighted by atomic mass is 9.49. The highest BCUT2D eigenvalue weighted by atomic mass is 16.2. The van der Waals surface area contributed by atoms with E-state index in [1.54, 1.807) is 0 Å². The fourth-order valence-corrected chi connectivity index (χ4v) is 7.54. The maximum atomic E-state index is 12.9. The molecule has 1 aromatic heterocycles. The summed E-state index contributed by atoms with van der Waals surface area (Å²) in [4.78, 5) is 33.9. The van der Waals surface area contributed by atoms with E-state index in [4.69, 9.17) is 4.98 Å². The summed E-state index contributed by atoms with van der Waals surface area (Å²) in [6.45, 7) is -0.00326. The molecule has 4 aliphatic rings. The third kappa shape index (κ3) is 4.84. The van der Waals surface area contributed by atoms with Gasteiger partial charge in [0.25, 0.3) is 0 Å². The van der Waals surface area contributed by atoms with E-state index in [0.717, 1.165) is 40.2 Å². The lowest BCUT2D eigenvalue weighted by Gasteiger charge is -2.56. The van der Waals surface area contributed by atoms with E-state index in [-0.39, 0.29) is 29.8 Å². The first kappa shape index (κ1) is 22.3. The molecule has 2 aromatic carbocycles. The number of fused-ring (bicyclic) bond motifs is 1. The SMILES string of the molecule is O=C(CC12CC3CC(CC(C3)C1)C2)NCC(=O)N[C@@H](Cc1ccccc1)c1nc2ccccc2[nH]1. The van der Waals surface area contributed by atoms with Crippen molar-refractivity contribution < 1.29 is 9.59 Å². The van der Waals surface area contributed by atoms with Gasteiger partial charge in [-0.1, -0.05) is 42.5 Å². The molecule has 4 aliphatic carbocycles. The number of para-hydroxylation sites is 2. The molecule has 7 rings (SSSR count). The van der Waals surface area contributed by atoms with Crippen LogP contribution in [-0.2, 0) is 16.0 Å². The largest absolute Gasteiger partial charge is 0.347 e. The maximum absolute atomic E-state index is 12.9. The van der Waals surface area contributed by atoms with Crippen molar-refractivity contribution in [2.24, 2.45) is 23.2 Å². The second kappa shape index (κ2) is 9.14. The summed E-state index contributed by atoms with van der Waals surface area (Å²) in [6, 6.07) is 17.6. The first-order chi connectivity index (χ1) is 17.0. The normalized spacial score (nSPS) is 27.6. The fraction of sp³-hybridized carbons (Fsp3) is 0.483. The van der Waals surface area contributed by atoms with Crippen molar-refractivity contribution >= 4 is 22.8 Å². The van der Waals surface area contributed by atoms with Gasteiger partial charge in [-0.2, -0.15) is 0 Å². The Balaban J connectivity index is 1.09. The average molecular weight is 471 g/mol. The van der Waals surface area contributed by atoms with Gasteiger partial charge >= 0.3 is 0 Å². The van der Waals surface area contributed by atoms with Gasteiger partial charge < -0.3 is 15.6 Å². The third-order valence-corrected chi connectivity index (χ3v) is 8.50. The minimum atomic E-state index is -0.308. The molecule has 0 spiro atoms. The maximum Gasteiger partial charge on any atom is 0.239 e. The molecule has 0 saturated heterocycles. The van der Waals surface area contributed by atoms with Gasteiger partial charge in [0, 0.05) is 6.42 Å². The quantitative estimate of drug-likeness (QED) is 0.447. The standard InChI is InChI=1S/C29H34N4O2/c34-26(17-29-14-20-10-21(15-29)12-22(11-20)16-29)30-18-27(35)31-25(13-19-6-2-1-3-7-19)28-32-23-8-4-5-9-24(23)33-28/h1-9,20-22,25H,10-18H2,(H,30,34)(H,31,35)(H,32,33)/t20?,21?,22?,25-,29?/m0/s1. The molecule has 3 N–H and O–H groups in total. The molecule has 4 bridgehead atoms. The van der Waals surface area contributed by atoms with E-state index in [9.17, 15) is 9.59 Å². The highest BCUT2D eigenvalue weighted by Crippen LogP contribution is 2.61. The van der Waals surface area contributed by atoms with Crippen LogP contribution in [0, 0.1) is 23.2 Å². The molecular weight excluding hydrogens is 436 g/mol. The van der Waals surface area contributed by atoms with Crippen molar-refractivity contribution in [1.29, 1.82) is 0 Å². The highest BCUT2D eigenvalue weighted by molar-refractivity contribution is 5.85. The van der Waals surface area contributed by atoms with Crippen molar-refractivity contribution in [2.45, 2.75) is 57.4 Å². The topological polar surface area (TPSA) is 86.9 Å². The number of aromatic nitrogens is 2. The minimum Gasteiger partial charge on any atom is -0.347 e. The van der Waals surface area contributed by atoms with Crippen molar-refractivity contribution in [1.82, 2.24) is 20.6 Å². The number of hydrogen-bond donors (Lipinski definition) is 3. The van der Waals surface area contributed by atoms with Crippen LogP contribution in [0.2, 0.25) is 0 Å². The molecule has 4 fully saturated rings. The van der Waals surface area contributed by atoms with Gasteiger partial charge in [-0.3, -0.25) is 9.59 Å². The number of carbonyl (C=O) groups is 2. The molecule has 35 heavy (non-hydrogen) atoms. The van der Waals surface area contributed by atoms with Gasteiger partial charge in [0.1, 0.15) is 5.82 Å². The summed E-state index contributed by atoms with van der Waals surface area (Å²) in [6.07, 6.45) is 8.89. The number of rotatable bonds is 8. The smallest absolute Gasteiger partial charge is 0.239 e. The van der Waals surface area contributed by atoms with Crippen LogP contribution in [-0.4, -0.2) is 28.3 Å². The Morgan fingerprint density at radius 3 is 2.26 bits per heavy atom. The van der Waals surface area contributed by atoms with E-state index in [1.807, 2.05) is 42.5 Å². The summed E-state index contributed by atoms with van der Waals surface area (Å²) in [7, 11) is 0. The predicted octanol–water partition coefficient (Wildman–Crippen LogP) is 4.69. The lowest BCUT2D eigenvalue weighted by molar-refractivity contribution is -0.132. The zero-order valence-electron chi connectivity index (χ0n) is 20.1. The van der Waals surface area contributed by atoms with E-state index in [0.29, 0.717) is 12.8 Å². The molecule has 0 unspecified atom stereocenters. The molecular formula is C29H34N4O2. The molecule has 0 aliphatic heterocycles. The van der Waals surface area contributed by atoms with Gasteiger partial charge in [-0.25, -0.2) is 4.98 Å². The zero-order chi connectivity index (χ0) is 23.8. The summed E-state index contributed by atoms with van der Waals surface area (Å²) >= 11 is 0. The number of nitrogens with one attached hydrogen (secondary N) is 3. The first-order valence-corrected chi connectivity index (χ1v) is 13.1. The van der Waals surface area contributed by atoms with Gasteiger partial charge in [-0.15, -0.1) is 0 Å². The van der Waals surface area contributed by atoms with Crippen LogP contribution in [0.25, 0.3) is 11.0 Å². The second-order valence-electron chi connectivity index (χ2n) is 11.3. The molecule has 3 aromatic rings. The van der Waals surface area contributed by atoms with Crippen LogP contribution >= 0.6 is 0 Å². The number of aromatic amines is 1. The predicted molar refractivity (Wildman–Crippen MR) is 135 cm³/mol. The molecule has 6 heteroatoms. The Hall–Kier alpha value is -3.15. The number of hydrogen-bond acceptors (Lipinski definition) is 3. The molecule has 0 radical (unpaired) electrons. The van der Waals surface area contributed by atoms with Crippen LogP contribution in [0.5, 0.6) is 0 Å². The summed E-state index contributed by atoms with van der Waals surface area (Å²) in [5, 5.41) is 6.03. The number of nitrogens with zero attached hydrogens (tertiary/aromatic N) is 1. The number of imidazole rings is 1. The fourth-order valence-electron chi connectivity index (χ4n) is 7.54. The number of carbonyl (C=O) groups excluding carboxylic acids is 2. The number of H-pyrrole nitrogens is 1. The van der Waals surface area contributed by atoms with Crippen molar-refractivity contribution in [3.63, 3.8) is 0 Å². The molecule has 4 saturated carbocycles. The summed E-state index contributed by atoms with van der Waals surface area (Å²) < 4.78 is 0. The van der Waals surface area contributed by atoms with Gasteiger partial charge in [0.05, 0.1) is 23.6 Å². The number of amides is 2. The van der Waals surface area contributed by atoms with E-state index in [1.165, 1.54) is 38.5 Å². The van der Waals surface area contributed by atoms with Crippen LogP contribution in [0.15, 0.2) is 54.6 Å². The lowest BCUT2D eigenvalue weighted by Crippen LogP contribution is -2.48. The van der Waals surface area contributed by atoms with Crippen molar-refractivity contribution in [2.75, 3.05) is 6.54 Å². The third-order valence-electron chi connectivity index (χ3n) is 8.50. The summed E-state index contributed by atoms with van der Waals surface area (Å²) in [5.41, 5.74) is 3.11. The van der Waals surface area contributed by atoms with E-state index >= 15 is 0 Å². The van der Waals surface area contributed by atoms with Gasteiger partial charge in [0.2, 0.25) is 11.8 Å². The zero-order valence-corrected chi connectivity index (χ0v) is 20.1. The Morgan fingerprint density at radius 2 is 1.57 bits per heavy atom. The monoisotopic (exact) mass is 470 g/mol. The van der Waals surface area contributed by atoms with Gasteiger partial charge in [0.15, 0.2) is 0 Å². The molecule has 182 valence electrons. The van der Waals surface area contributed by atoms with E-state index in [2.05, 4.69) is 27.8 Å². The molecule has 6 nitrogen and oxygen atoms in total. The van der Waals surface area contributed by atoms with Crippen LogP contribution in [0.1, 0.15) is 62.4 Å². The van der Waals surface area contributed by atoms with Crippen molar-refractivity contribution in [3.8, 4) is 0 Å². The second-order valence-corrected chi connectivity index (χ2v) is 11.3. The highest BCUT2D eigenvalue weighted by Gasteiger charge is 2.51. The Kier molecular flexibility index (Phi) is 5.83. The summed E-state index contributed by atoms with van der Waals surface area (Å²) in [5.74, 6) is 3.01. The van der Waals surface area contributed by atoms with Gasteiger partial charge in [-0.05, 0) is 85.8 Å². The average Bonchev–Trinajstić information content (AvgIpc) is 3.26. The molecule has 1 heterocycles. The minimum absolute atomic E-state index is 0.00326.